The zero-order valence-corrected chi connectivity index (χ0v) is 7.76. The van der Waals surface area contributed by atoms with Gasteiger partial charge in [0.15, 0.2) is 0 Å². The van der Waals surface area contributed by atoms with E-state index in [4.69, 9.17) is 14.9 Å². The number of hydrogen-bond donors (Lipinski definition) is 1. The quantitative estimate of drug-likeness (QED) is 0.501. The van der Waals surface area contributed by atoms with Gasteiger partial charge in [-0.1, -0.05) is 6.92 Å². The summed E-state index contributed by atoms with van der Waals surface area (Å²) in [7, 11) is 0. The summed E-state index contributed by atoms with van der Waals surface area (Å²) in [5.41, 5.74) is -0.269. The first kappa shape index (κ1) is 10.9. The minimum atomic E-state index is -0.269. The molecular formula is C8H18O3. The van der Waals surface area contributed by atoms with Crippen LogP contribution < -0.4 is 0 Å². The molecule has 0 rings (SSSR count). The third-order valence-electron chi connectivity index (χ3n) is 0.973. The first-order valence-corrected chi connectivity index (χ1v) is 3.87. The van der Waals surface area contributed by atoms with E-state index in [0.29, 0.717) is 6.61 Å². The molecule has 0 radical (unpaired) electrons. The van der Waals surface area contributed by atoms with E-state index in [1.165, 1.54) is 0 Å². The standard InChI is InChI=1S/C8H18O3/c1-7(5-9)6-10-11-8(2,3)4/h7,9H,5-6H2,1-4H3. The van der Waals surface area contributed by atoms with Crippen LogP contribution in [0.25, 0.3) is 0 Å². The molecular weight excluding hydrogens is 144 g/mol. The molecule has 0 aliphatic rings. The molecule has 0 aliphatic carbocycles. The van der Waals surface area contributed by atoms with Crippen LogP contribution in [0.1, 0.15) is 27.7 Å². The maximum absolute atomic E-state index is 8.63. The van der Waals surface area contributed by atoms with Crippen LogP contribution >= 0.6 is 0 Å². The first-order valence-electron chi connectivity index (χ1n) is 3.87. The lowest BCUT2D eigenvalue weighted by Gasteiger charge is -2.18. The monoisotopic (exact) mass is 162 g/mol. The maximum Gasteiger partial charge on any atom is 0.0952 e. The van der Waals surface area contributed by atoms with Gasteiger partial charge in [-0.3, -0.25) is 0 Å². The normalized spacial score (nSPS) is 15.0. The van der Waals surface area contributed by atoms with Gasteiger partial charge in [0.2, 0.25) is 0 Å². The molecule has 11 heavy (non-hydrogen) atoms. The van der Waals surface area contributed by atoms with Gasteiger partial charge in [0.1, 0.15) is 0 Å². The van der Waals surface area contributed by atoms with Crippen molar-refractivity contribution in [2.75, 3.05) is 13.2 Å². The van der Waals surface area contributed by atoms with E-state index >= 15 is 0 Å². The average Bonchev–Trinajstić information content (AvgIpc) is 1.85. The lowest BCUT2D eigenvalue weighted by atomic mass is 10.2. The minimum absolute atomic E-state index is 0.132. The van der Waals surface area contributed by atoms with Gasteiger partial charge in [-0.15, -0.1) is 0 Å². The van der Waals surface area contributed by atoms with Gasteiger partial charge in [0.25, 0.3) is 0 Å². The summed E-state index contributed by atoms with van der Waals surface area (Å²) in [6.45, 7) is 8.21. The van der Waals surface area contributed by atoms with Gasteiger partial charge < -0.3 is 5.11 Å². The lowest BCUT2D eigenvalue weighted by molar-refractivity contribution is -0.353. The van der Waals surface area contributed by atoms with E-state index in [1.807, 2.05) is 27.7 Å². The topological polar surface area (TPSA) is 38.7 Å². The molecule has 0 saturated heterocycles. The molecule has 0 bridgehead atoms. The van der Waals surface area contributed by atoms with Gasteiger partial charge in [-0.05, 0) is 20.8 Å². The second-order valence-corrected chi connectivity index (χ2v) is 3.77. The van der Waals surface area contributed by atoms with Crippen LogP contribution in [-0.2, 0) is 9.78 Å². The van der Waals surface area contributed by atoms with Crippen molar-refractivity contribution in [1.29, 1.82) is 0 Å². The molecule has 0 heterocycles. The molecule has 0 amide bonds. The Morgan fingerprint density at radius 2 is 1.91 bits per heavy atom. The van der Waals surface area contributed by atoms with Crippen LogP contribution in [0.5, 0.6) is 0 Å². The van der Waals surface area contributed by atoms with Crippen molar-refractivity contribution in [3.8, 4) is 0 Å². The summed E-state index contributed by atoms with van der Waals surface area (Å²) in [6.07, 6.45) is 0. The number of aliphatic hydroxyl groups is 1. The van der Waals surface area contributed by atoms with Crippen LogP contribution in [0, 0.1) is 5.92 Å². The van der Waals surface area contributed by atoms with E-state index in [1.54, 1.807) is 0 Å². The smallest absolute Gasteiger partial charge is 0.0952 e. The molecule has 68 valence electrons. The summed E-state index contributed by atoms with van der Waals surface area (Å²) in [6, 6.07) is 0. The summed E-state index contributed by atoms with van der Waals surface area (Å²) < 4.78 is 0. The molecule has 0 aromatic heterocycles. The highest BCUT2D eigenvalue weighted by Crippen LogP contribution is 2.07. The minimum Gasteiger partial charge on any atom is -0.396 e. The van der Waals surface area contributed by atoms with Crippen molar-refractivity contribution in [2.45, 2.75) is 33.3 Å². The molecule has 1 unspecified atom stereocenters. The second kappa shape index (κ2) is 4.70. The van der Waals surface area contributed by atoms with Crippen molar-refractivity contribution >= 4 is 0 Å². The molecule has 3 nitrogen and oxygen atoms in total. The summed E-state index contributed by atoms with van der Waals surface area (Å²) in [5.74, 6) is 0.136. The van der Waals surface area contributed by atoms with Gasteiger partial charge in [-0.2, -0.15) is 0 Å². The highest BCUT2D eigenvalue weighted by Gasteiger charge is 2.12. The Morgan fingerprint density at radius 3 is 2.27 bits per heavy atom. The number of rotatable bonds is 4. The number of aliphatic hydroxyl groups excluding tert-OH is 1. The van der Waals surface area contributed by atoms with E-state index in [0.717, 1.165) is 0 Å². The van der Waals surface area contributed by atoms with Crippen molar-refractivity contribution in [2.24, 2.45) is 5.92 Å². The molecule has 0 fully saturated rings. The van der Waals surface area contributed by atoms with Crippen LogP contribution in [0.3, 0.4) is 0 Å². The van der Waals surface area contributed by atoms with Gasteiger partial charge in [-0.25, -0.2) is 9.78 Å². The Balaban J connectivity index is 3.28. The molecule has 0 saturated carbocycles. The fraction of sp³-hybridized carbons (Fsp3) is 1.00. The van der Waals surface area contributed by atoms with Gasteiger partial charge >= 0.3 is 0 Å². The summed E-state index contributed by atoms with van der Waals surface area (Å²) >= 11 is 0. The zero-order chi connectivity index (χ0) is 8.91. The van der Waals surface area contributed by atoms with Crippen molar-refractivity contribution in [1.82, 2.24) is 0 Å². The van der Waals surface area contributed by atoms with E-state index in [9.17, 15) is 0 Å². The third-order valence-corrected chi connectivity index (χ3v) is 0.973. The van der Waals surface area contributed by atoms with E-state index in [-0.39, 0.29) is 18.1 Å². The van der Waals surface area contributed by atoms with Crippen LogP contribution in [-0.4, -0.2) is 23.9 Å². The van der Waals surface area contributed by atoms with Crippen LogP contribution in [0.2, 0.25) is 0 Å². The summed E-state index contributed by atoms with van der Waals surface area (Å²) in [5, 5.41) is 8.63. The molecule has 0 aromatic carbocycles. The molecule has 0 spiro atoms. The van der Waals surface area contributed by atoms with Crippen LogP contribution in [0.4, 0.5) is 0 Å². The molecule has 1 atom stereocenters. The van der Waals surface area contributed by atoms with E-state index in [2.05, 4.69) is 0 Å². The van der Waals surface area contributed by atoms with Crippen molar-refractivity contribution in [3.63, 3.8) is 0 Å². The summed E-state index contributed by atoms with van der Waals surface area (Å²) in [4.78, 5) is 9.88. The average molecular weight is 162 g/mol. The maximum atomic E-state index is 8.63. The second-order valence-electron chi connectivity index (χ2n) is 3.77. The van der Waals surface area contributed by atoms with Gasteiger partial charge in [0.05, 0.1) is 12.2 Å². The van der Waals surface area contributed by atoms with E-state index < -0.39 is 0 Å². The van der Waals surface area contributed by atoms with Crippen molar-refractivity contribution < 1.29 is 14.9 Å². The Bertz CT molecular complexity index is 96.0. The Morgan fingerprint density at radius 1 is 1.36 bits per heavy atom. The Labute approximate surface area is 68.2 Å². The zero-order valence-electron chi connectivity index (χ0n) is 7.76. The fourth-order valence-corrected chi connectivity index (χ4v) is 0.380. The van der Waals surface area contributed by atoms with Gasteiger partial charge in [0, 0.05) is 12.5 Å². The highest BCUT2D eigenvalue weighted by molar-refractivity contribution is 4.54. The van der Waals surface area contributed by atoms with Crippen LogP contribution in [0.15, 0.2) is 0 Å². The molecule has 0 aromatic rings. The Kier molecular flexibility index (Phi) is 4.65. The fourth-order valence-electron chi connectivity index (χ4n) is 0.380. The third kappa shape index (κ3) is 7.78. The molecule has 0 aliphatic heterocycles. The first-order chi connectivity index (χ1) is 4.95. The predicted molar refractivity (Wildman–Crippen MR) is 43.0 cm³/mol. The Hall–Kier alpha value is -0.120. The lowest BCUT2D eigenvalue weighted by Crippen LogP contribution is -2.21. The molecule has 1 N–H and O–H groups in total. The molecule has 3 heteroatoms. The number of hydrogen-bond acceptors (Lipinski definition) is 3. The highest BCUT2D eigenvalue weighted by atomic mass is 17.2. The van der Waals surface area contributed by atoms with Crippen molar-refractivity contribution in [3.05, 3.63) is 0 Å². The SMILES string of the molecule is CC(CO)COOC(C)(C)C. The predicted octanol–water partition coefficient (Wildman–Crippen LogP) is 1.36. The largest absolute Gasteiger partial charge is 0.396 e.